The molecule has 0 unspecified atom stereocenters. The molecule has 0 fully saturated rings. The second-order valence-electron chi connectivity index (χ2n) is 7.54. The highest BCUT2D eigenvalue weighted by atomic mass is 16.5. The predicted molar refractivity (Wildman–Crippen MR) is 116 cm³/mol. The molecule has 0 radical (unpaired) electrons. The van der Waals surface area contributed by atoms with E-state index in [1.165, 1.54) is 0 Å². The standard InChI is InChI=1S/C23H28N4O4/c1-16(2)10-13-30-19-5-4-17(14-20(19)29-3)15-25-21(28)6-7-22-26-23(27-31-22)18-8-11-24-12-9-18/h4-5,8-9,11-12,14,16H,6-7,10,13,15H2,1-3H3,(H,25,28). The number of pyridine rings is 1. The lowest BCUT2D eigenvalue weighted by Gasteiger charge is -2.13. The van der Waals surface area contributed by atoms with Gasteiger partial charge in [0.1, 0.15) is 0 Å². The topological polar surface area (TPSA) is 99.4 Å². The summed E-state index contributed by atoms with van der Waals surface area (Å²) in [5.74, 6) is 2.76. The summed E-state index contributed by atoms with van der Waals surface area (Å²) in [6, 6.07) is 9.28. The second-order valence-corrected chi connectivity index (χ2v) is 7.54. The minimum absolute atomic E-state index is 0.0973. The molecule has 1 amide bonds. The minimum atomic E-state index is -0.0973. The van der Waals surface area contributed by atoms with E-state index in [2.05, 4.69) is 34.3 Å². The van der Waals surface area contributed by atoms with Crippen molar-refractivity contribution in [1.82, 2.24) is 20.4 Å². The van der Waals surface area contributed by atoms with Crippen molar-refractivity contribution in [3.8, 4) is 22.9 Å². The van der Waals surface area contributed by atoms with Crippen LogP contribution in [0.1, 0.15) is 38.1 Å². The van der Waals surface area contributed by atoms with E-state index in [9.17, 15) is 4.79 Å². The van der Waals surface area contributed by atoms with Gasteiger partial charge in [-0.1, -0.05) is 25.1 Å². The van der Waals surface area contributed by atoms with Crippen molar-refractivity contribution in [1.29, 1.82) is 0 Å². The molecule has 0 aliphatic carbocycles. The summed E-state index contributed by atoms with van der Waals surface area (Å²) >= 11 is 0. The summed E-state index contributed by atoms with van der Waals surface area (Å²) in [6.45, 7) is 5.35. The highest BCUT2D eigenvalue weighted by Gasteiger charge is 2.11. The first-order valence-electron chi connectivity index (χ1n) is 10.3. The third-order valence-corrected chi connectivity index (χ3v) is 4.64. The molecule has 8 heteroatoms. The molecule has 2 aromatic heterocycles. The molecule has 0 aliphatic rings. The molecular formula is C23H28N4O4. The number of hydrogen-bond acceptors (Lipinski definition) is 7. The van der Waals surface area contributed by atoms with E-state index in [-0.39, 0.29) is 12.3 Å². The second kappa shape index (κ2) is 11.1. The number of amides is 1. The van der Waals surface area contributed by atoms with Crippen molar-refractivity contribution in [2.45, 2.75) is 39.7 Å². The molecule has 0 bridgehead atoms. The zero-order valence-electron chi connectivity index (χ0n) is 18.1. The van der Waals surface area contributed by atoms with Crippen LogP contribution in [-0.4, -0.2) is 34.7 Å². The number of nitrogens with one attached hydrogen (secondary N) is 1. The van der Waals surface area contributed by atoms with Gasteiger partial charge >= 0.3 is 0 Å². The quantitative estimate of drug-likeness (QED) is 0.499. The van der Waals surface area contributed by atoms with Gasteiger partial charge in [0.15, 0.2) is 11.5 Å². The zero-order chi connectivity index (χ0) is 22.1. The van der Waals surface area contributed by atoms with Crippen LogP contribution in [0.25, 0.3) is 11.4 Å². The van der Waals surface area contributed by atoms with Gasteiger partial charge in [0.05, 0.1) is 13.7 Å². The first-order chi connectivity index (χ1) is 15.0. The van der Waals surface area contributed by atoms with Crippen LogP contribution in [0.15, 0.2) is 47.2 Å². The van der Waals surface area contributed by atoms with E-state index in [0.717, 1.165) is 17.5 Å². The van der Waals surface area contributed by atoms with Crippen LogP contribution < -0.4 is 14.8 Å². The van der Waals surface area contributed by atoms with Gasteiger partial charge in [-0.15, -0.1) is 0 Å². The van der Waals surface area contributed by atoms with Crippen molar-refractivity contribution in [3.05, 3.63) is 54.2 Å². The molecule has 0 atom stereocenters. The van der Waals surface area contributed by atoms with E-state index in [0.29, 0.717) is 48.7 Å². The number of benzene rings is 1. The zero-order valence-corrected chi connectivity index (χ0v) is 18.1. The molecule has 8 nitrogen and oxygen atoms in total. The maximum absolute atomic E-state index is 12.2. The summed E-state index contributed by atoms with van der Waals surface area (Å²) in [7, 11) is 1.61. The Morgan fingerprint density at radius 2 is 1.97 bits per heavy atom. The van der Waals surface area contributed by atoms with Crippen molar-refractivity contribution >= 4 is 5.91 Å². The van der Waals surface area contributed by atoms with Gasteiger partial charge in [0, 0.05) is 37.3 Å². The van der Waals surface area contributed by atoms with Crippen LogP contribution in [0, 0.1) is 5.92 Å². The number of aromatic nitrogens is 3. The Bertz CT molecular complexity index is 973. The van der Waals surface area contributed by atoms with Crippen molar-refractivity contribution in [3.63, 3.8) is 0 Å². The Kier molecular flexibility index (Phi) is 7.98. The maximum Gasteiger partial charge on any atom is 0.227 e. The number of methoxy groups -OCH3 is 1. The molecule has 31 heavy (non-hydrogen) atoms. The fourth-order valence-corrected chi connectivity index (χ4v) is 2.83. The fraction of sp³-hybridized carbons (Fsp3) is 0.391. The van der Waals surface area contributed by atoms with Gasteiger partial charge in [0.2, 0.25) is 17.6 Å². The normalized spacial score (nSPS) is 10.8. The number of nitrogens with zero attached hydrogens (tertiary/aromatic N) is 3. The van der Waals surface area contributed by atoms with Gasteiger partial charge in [-0.25, -0.2) is 0 Å². The van der Waals surface area contributed by atoms with Gasteiger partial charge in [-0.3, -0.25) is 9.78 Å². The Balaban J connectivity index is 1.46. The maximum atomic E-state index is 12.2. The largest absolute Gasteiger partial charge is 0.493 e. The average Bonchev–Trinajstić information content (AvgIpc) is 3.26. The van der Waals surface area contributed by atoms with Crippen LogP contribution in [0.3, 0.4) is 0 Å². The number of rotatable bonds is 11. The molecule has 1 N–H and O–H groups in total. The molecule has 0 saturated heterocycles. The van der Waals surface area contributed by atoms with Gasteiger partial charge < -0.3 is 19.3 Å². The highest BCUT2D eigenvalue weighted by molar-refractivity contribution is 5.76. The third-order valence-electron chi connectivity index (χ3n) is 4.64. The summed E-state index contributed by atoms with van der Waals surface area (Å²) in [5, 5.41) is 6.85. The summed E-state index contributed by atoms with van der Waals surface area (Å²) in [4.78, 5) is 20.5. The number of ether oxygens (including phenoxy) is 2. The van der Waals surface area contributed by atoms with E-state index in [4.69, 9.17) is 14.0 Å². The van der Waals surface area contributed by atoms with Crippen LogP contribution >= 0.6 is 0 Å². The Labute approximate surface area is 182 Å². The van der Waals surface area contributed by atoms with Gasteiger partial charge in [-0.2, -0.15) is 4.98 Å². The highest BCUT2D eigenvalue weighted by Crippen LogP contribution is 2.28. The van der Waals surface area contributed by atoms with E-state index in [1.54, 1.807) is 31.6 Å². The van der Waals surface area contributed by atoms with E-state index >= 15 is 0 Å². The molecule has 2 heterocycles. The lowest BCUT2D eigenvalue weighted by atomic mass is 10.1. The smallest absolute Gasteiger partial charge is 0.227 e. The fourth-order valence-electron chi connectivity index (χ4n) is 2.83. The molecule has 3 aromatic rings. The molecule has 3 rings (SSSR count). The number of aryl methyl sites for hydroxylation is 1. The first-order valence-corrected chi connectivity index (χ1v) is 10.3. The number of carbonyl (C=O) groups excluding carboxylic acids is 1. The van der Waals surface area contributed by atoms with Crippen LogP contribution in [0.5, 0.6) is 11.5 Å². The molecule has 164 valence electrons. The molecule has 0 spiro atoms. The van der Waals surface area contributed by atoms with Crippen LogP contribution in [0.4, 0.5) is 0 Å². The Hall–Kier alpha value is -3.42. The monoisotopic (exact) mass is 424 g/mol. The summed E-state index contributed by atoms with van der Waals surface area (Å²) < 4.78 is 16.5. The third kappa shape index (κ3) is 6.80. The number of hydrogen-bond donors (Lipinski definition) is 1. The predicted octanol–water partition coefficient (Wildman–Crippen LogP) is 3.81. The van der Waals surface area contributed by atoms with E-state index in [1.807, 2.05) is 18.2 Å². The van der Waals surface area contributed by atoms with Crippen molar-refractivity contribution < 1.29 is 18.8 Å². The van der Waals surface area contributed by atoms with Crippen molar-refractivity contribution in [2.75, 3.05) is 13.7 Å². The van der Waals surface area contributed by atoms with Crippen LogP contribution in [-0.2, 0) is 17.8 Å². The average molecular weight is 425 g/mol. The van der Waals surface area contributed by atoms with Gasteiger partial charge in [-0.05, 0) is 42.2 Å². The number of carbonyl (C=O) groups is 1. The molecule has 1 aromatic carbocycles. The summed E-state index contributed by atoms with van der Waals surface area (Å²) in [6.07, 6.45) is 4.93. The summed E-state index contributed by atoms with van der Waals surface area (Å²) in [5.41, 5.74) is 1.75. The lowest BCUT2D eigenvalue weighted by Crippen LogP contribution is -2.23. The Morgan fingerprint density at radius 1 is 1.16 bits per heavy atom. The lowest BCUT2D eigenvalue weighted by molar-refractivity contribution is -0.121. The Morgan fingerprint density at radius 3 is 2.71 bits per heavy atom. The van der Waals surface area contributed by atoms with Crippen molar-refractivity contribution in [2.24, 2.45) is 5.92 Å². The van der Waals surface area contributed by atoms with Gasteiger partial charge in [0.25, 0.3) is 0 Å². The molecule has 0 saturated carbocycles. The SMILES string of the molecule is COc1cc(CNC(=O)CCc2nc(-c3ccncc3)no2)ccc1OCCC(C)C. The molecular weight excluding hydrogens is 396 g/mol. The molecule has 0 aliphatic heterocycles. The van der Waals surface area contributed by atoms with Crippen LogP contribution in [0.2, 0.25) is 0 Å². The minimum Gasteiger partial charge on any atom is -0.493 e. The first kappa shape index (κ1) is 22.3. The van der Waals surface area contributed by atoms with E-state index < -0.39 is 0 Å².